The van der Waals surface area contributed by atoms with E-state index in [4.69, 9.17) is 21.1 Å². The van der Waals surface area contributed by atoms with Crippen molar-refractivity contribution in [3.05, 3.63) is 0 Å². The number of carbonyl (C=O) groups excluding carboxylic acids is 2. The molecular weight excluding hydrogens is 284 g/mol. The van der Waals surface area contributed by atoms with Crippen LogP contribution < -0.4 is 10.6 Å². The maximum Gasteiger partial charge on any atom is 0.323 e. The summed E-state index contributed by atoms with van der Waals surface area (Å²) < 4.78 is 11.7. The maximum atomic E-state index is 11.9. The molecule has 0 spiro atoms. The van der Waals surface area contributed by atoms with Crippen LogP contribution in [0.5, 0.6) is 0 Å². The highest BCUT2D eigenvalue weighted by Gasteiger charge is 2.50. The Balaban J connectivity index is 1.77. The van der Waals surface area contributed by atoms with Crippen LogP contribution in [0.2, 0.25) is 0 Å². The number of hydrogen-bond acceptors (Lipinski definition) is 4. The minimum absolute atomic E-state index is 0.0502. The maximum absolute atomic E-state index is 11.9. The van der Waals surface area contributed by atoms with Gasteiger partial charge in [-0.05, 0) is 32.1 Å². The highest BCUT2D eigenvalue weighted by molar-refractivity contribution is 6.20. The number of hydrogen-bond donors (Lipinski definition) is 2. The monoisotopic (exact) mass is 302 g/mol. The molecule has 2 N–H and O–H groups in total. The van der Waals surface area contributed by atoms with Crippen LogP contribution in [-0.2, 0) is 14.3 Å². The van der Waals surface area contributed by atoms with Crippen LogP contribution in [-0.4, -0.2) is 42.4 Å². The van der Waals surface area contributed by atoms with Crippen LogP contribution in [0.1, 0.15) is 26.2 Å². The van der Waals surface area contributed by atoms with Crippen molar-refractivity contribution < 1.29 is 19.1 Å². The van der Waals surface area contributed by atoms with Crippen LogP contribution in [0.3, 0.4) is 0 Å². The SMILES string of the molecule is CCOC1CC(Cl)CC2CC3C(=O)NC(=O)NC3OC21. The Morgan fingerprint density at radius 1 is 1.35 bits per heavy atom. The number of ether oxygens (including phenoxy) is 2. The van der Waals surface area contributed by atoms with E-state index in [2.05, 4.69) is 10.6 Å². The van der Waals surface area contributed by atoms with Gasteiger partial charge in [0.2, 0.25) is 5.91 Å². The molecule has 3 fully saturated rings. The van der Waals surface area contributed by atoms with Gasteiger partial charge in [-0.15, -0.1) is 11.6 Å². The van der Waals surface area contributed by atoms with E-state index >= 15 is 0 Å². The molecule has 6 nitrogen and oxygen atoms in total. The van der Waals surface area contributed by atoms with E-state index < -0.39 is 12.3 Å². The van der Waals surface area contributed by atoms with E-state index in [9.17, 15) is 9.59 Å². The Labute approximate surface area is 122 Å². The third-order valence-electron chi connectivity index (χ3n) is 4.33. The molecule has 0 aromatic heterocycles. The lowest BCUT2D eigenvalue weighted by molar-refractivity contribution is -0.194. The topological polar surface area (TPSA) is 76.7 Å². The van der Waals surface area contributed by atoms with Gasteiger partial charge in [-0.2, -0.15) is 0 Å². The molecule has 2 heterocycles. The van der Waals surface area contributed by atoms with Gasteiger partial charge in [-0.25, -0.2) is 4.79 Å². The molecule has 2 saturated heterocycles. The number of carbonyl (C=O) groups is 2. The first-order chi connectivity index (χ1) is 9.58. The summed E-state index contributed by atoms with van der Waals surface area (Å²) in [6.45, 7) is 2.54. The molecule has 3 amide bonds. The summed E-state index contributed by atoms with van der Waals surface area (Å²) in [7, 11) is 0. The third kappa shape index (κ3) is 2.52. The Morgan fingerprint density at radius 3 is 2.90 bits per heavy atom. The number of nitrogens with one attached hydrogen (secondary N) is 2. The van der Waals surface area contributed by atoms with E-state index in [1.807, 2.05) is 6.92 Å². The first kappa shape index (κ1) is 14.1. The highest BCUT2D eigenvalue weighted by atomic mass is 35.5. The van der Waals surface area contributed by atoms with Crippen molar-refractivity contribution in [1.82, 2.24) is 10.6 Å². The fourth-order valence-corrected chi connectivity index (χ4v) is 3.92. The zero-order chi connectivity index (χ0) is 14.3. The predicted molar refractivity (Wildman–Crippen MR) is 71.2 cm³/mol. The van der Waals surface area contributed by atoms with Gasteiger partial charge in [0.25, 0.3) is 0 Å². The molecule has 0 bridgehead atoms. The molecule has 3 rings (SSSR count). The number of alkyl halides is 1. The normalized spacial score (nSPS) is 44.1. The Bertz CT molecular complexity index is 419. The van der Waals surface area contributed by atoms with E-state index in [0.29, 0.717) is 13.0 Å². The number of fused-ring (bicyclic) bond motifs is 2. The van der Waals surface area contributed by atoms with Crippen LogP contribution >= 0.6 is 11.6 Å². The molecule has 0 aromatic rings. The van der Waals surface area contributed by atoms with Gasteiger partial charge in [-0.1, -0.05) is 0 Å². The predicted octanol–water partition coefficient (Wildman–Crippen LogP) is 0.979. The molecule has 1 aliphatic carbocycles. The summed E-state index contributed by atoms with van der Waals surface area (Å²) in [6.07, 6.45) is 1.52. The fourth-order valence-electron chi connectivity index (χ4n) is 3.52. The van der Waals surface area contributed by atoms with Gasteiger partial charge >= 0.3 is 6.03 Å². The molecule has 2 aliphatic heterocycles. The zero-order valence-corrected chi connectivity index (χ0v) is 12.1. The Hall–Kier alpha value is -0.850. The van der Waals surface area contributed by atoms with E-state index in [-0.39, 0.29) is 35.3 Å². The fraction of sp³-hybridized carbons (Fsp3) is 0.846. The molecule has 6 unspecified atom stereocenters. The van der Waals surface area contributed by atoms with E-state index in [0.717, 1.165) is 12.8 Å². The summed E-state index contributed by atoms with van der Waals surface area (Å²) in [6, 6.07) is -0.492. The summed E-state index contributed by atoms with van der Waals surface area (Å²) in [4.78, 5) is 23.3. The van der Waals surface area contributed by atoms with Crippen molar-refractivity contribution in [2.75, 3.05) is 6.61 Å². The first-order valence-electron chi connectivity index (χ1n) is 7.11. The Morgan fingerprint density at radius 2 is 2.15 bits per heavy atom. The lowest BCUT2D eigenvalue weighted by Crippen LogP contribution is -2.65. The van der Waals surface area contributed by atoms with Gasteiger partial charge < -0.3 is 14.8 Å². The van der Waals surface area contributed by atoms with Crippen molar-refractivity contribution in [3.8, 4) is 0 Å². The second-order valence-electron chi connectivity index (χ2n) is 5.65. The van der Waals surface area contributed by atoms with E-state index in [1.165, 1.54) is 0 Å². The number of imide groups is 1. The second kappa shape index (κ2) is 5.50. The smallest absolute Gasteiger partial charge is 0.323 e. The second-order valence-corrected chi connectivity index (χ2v) is 6.27. The van der Waals surface area contributed by atoms with Gasteiger partial charge in [-0.3, -0.25) is 10.1 Å². The average molecular weight is 303 g/mol. The van der Waals surface area contributed by atoms with Gasteiger partial charge in [0.05, 0.1) is 18.1 Å². The number of urea groups is 1. The highest BCUT2D eigenvalue weighted by Crippen LogP contribution is 2.41. The minimum atomic E-state index is -0.549. The lowest BCUT2D eigenvalue weighted by atomic mass is 9.75. The minimum Gasteiger partial charge on any atom is -0.376 e. The van der Waals surface area contributed by atoms with Crippen LogP contribution in [0.25, 0.3) is 0 Å². The standard InChI is InChI=1S/C13H19ClN2O4/c1-2-19-9-5-7(14)3-6-4-8-11(17)15-13(18)16-12(8)20-10(6)9/h6-10,12H,2-5H2,1H3,(H2,15,16,17,18). The molecular formula is C13H19ClN2O4. The molecule has 0 radical (unpaired) electrons. The van der Waals surface area contributed by atoms with Gasteiger partial charge in [0, 0.05) is 12.0 Å². The zero-order valence-electron chi connectivity index (χ0n) is 11.3. The molecule has 0 aromatic carbocycles. The molecule has 112 valence electrons. The molecule has 20 heavy (non-hydrogen) atoms. The average Bonchev–Trinajstić information content (AvgIpc) is 2.38. The van der Waals surface area contributed by atoms with E-state index in [1.54, 1.807) is 0 Å². The molecule has 6 atom stereocenters. The lowest BCUT2D eigenvalue weighted by Gasteiger charge is -2.48. The summed E-state index contributed by atoms with van der Waals surface area (Å²) in [5, 5.41) is 5.01. The van der Waals surface area contributed by atoms with Crippen LogP contribution in [0, 0.1) is 11.8 Å². The van der Waals surface area contributed by atoms with Gasteiger partial charge in [0.1, 0.15) is 6.23 Å². The summed E-state index contributed by atoms with van der Waals surface area (Å²) in [5.41, 5.74) is 0. The quantitative estimate of drug-likeness (QED) is 0.746. The first-order valence-corrected chi connectivity index (χ1v) is 7.54. The van der Waals surface area contributed by atoms with Crippen LogP contribution in [0.15, 0.2) is 0 Å². The number of halogens is 1. The molecule has 3 aliphatic rings. The molecule has 1 saturated carbocycles. The van der Waals surface area contributed by atoms with Gasteiger partial charge in [0.15, 0.2) is 0 Å². The van der Waals surface area contributed by atoms with Crippen molar-refractivity contribution in [3.63, 3.8) is 0 Å². The Kier molecular flexibility index (Phi) is 3.88. The number of amides is 3. The molecule has 7 heteroatoms. The largest absolute Gasteiger partial charge is 0.376 e. The van der Waals surface area contributed by atoms with Crippen molar-refractivity contribution in [1.29, 1.82) is 0 Å². The van der Waals surface area contributed by atoms with Crippen LogP contribution in [0.4, 0.5) is 4.79 Å². The van der Waals surface area contributed by atoms with Crippen molar-refractivity contribution in [2.45, 2.75) is 50.0 Å². The third-order valence-corrected chi connectivity index (χ3v) is 4.69. The van der Waals surface area contributed by atoms with Crippen molar-refractivity contribution in [2.24, 2.45) is 11.8 Å². The summed E-state index contributed by atoms with van der Waals surface area (Å²) in [5.74, 6) is -0.398. The number of rotatable bonds is 2. The summed E-state index contributed by atoms with van der Waals surface area (Å²) >= 11 is 6.30. The van der Waals surface area contributed by atoms with Crippen molar-refractivity contribution >= 4 is 23.5 Å².